The lowest BCUT2D eigenvalue weighted by atomic mass is 9.87. The molecule has 0 saturated carbocycles. The predicted molar refractivity (Wildman–Crippen MR) is 127 cm³/mol. The van der Waals surface area contributed by atoms with Crippen LogP contribution in [0.3, 0.4) is 0 Å². The molecular formula is C27H31F3NO4+. The largest absolute Gasteiger partial charge is 0.507 e. The molecule has 3 aromatic rings. The van der Waals surface area contributed by atoms with Crippen LogP contribution in [-0.2, 0) is 18.1 Å². The summed E-state index contributed by atoms with van der Waals surface area (Å²) in [5, 5.41) is 10.4. The average Bonchev–Trinajstić information content (AvgIpc) is 2.77. The van der Waals surface area contributed by atoms with Crippen molar-refractivity contribution in [2.75, 3.05) is 13.1 Å². The second-order valence-corrected chi connectivity index (χ2v) is 10.5. The van der Waals surface area contributed by atoms with Crippen molar-refractivity contribution in [1.82, 2.24) is 0 Å². The van der Waals surface area contributed by atoms with E-state index in [2.05, 4.69) is 6.92 Å². The number of likely N-dealkylation sites (tertiary alicyclic amines) is 1. The zero-order valence-corrected chi connectivity index (χ0v) is 20.4. The van der Waals surface area contributed by atoms with Crippen molar-refractivity contribution in [2.24, 2.45) is 5.92 Å². The van der Waals surface area contributed by atoms with Gasteiger partial charge in [0.25, 0.3) is 5.76 Å². The molecular weight excluding hydrogens is 459 g/mol. The van der Waals surface area contributed by atoms with Gasteiger partial charge < -0.3 is 19.2 Å². The maximum atomic E-state index is 14.0. The van der Waals surface area contributed by atoms with Crippen LogP contribution in [0.25, 0.3) is 11.0 Å². The lowest BCUT2D eigenvalue weighted by Gasteiger charge is -2.27. The molecule has 0 spiro atoms. The van der Waals surface area contributed by atoms with Crippen molar-refractivity contribution in [3.8, 4) is 17.2 Å². The Morgan fingerprint density at radius 2 is 1.69 bits per heavy atom. The van der Waals surface area contributed by atoms with E-state index in [0.29, 0.717) is 5.92 Å². The van der Waals surface area contributed by atoms with E-state index in [9.17, 15) is 23.1 Å². The summed E-state index contributed by atoms with van der Waals surface area (Å²) in [6, 6.07) is 9.19. The molecule has 0 amide bonds. The molecule has 0 bridgehead atoms. The Hall–Kier alpha value is -3.00. The minimum atomic E-state index is -4.97. The third-order valence-corrected chi connectivity index (χ3v) is 6.70. The standard InChI is InChI=1S/C27H30F3NO4/c1-16-11-13-31(14-12-16)15-20-21(32)10-9-19-22(33)24(25(27(28,29)30)35-23(19)20)34-18-7-5-17(6-8-18)26(2,3)4/h5-10,16,32H,11-15H2,1-4H3/p+1. The number of piperidine rings is 1. The van der Waals surface area contributed by atoms with E-state index in [-0.39, 0.29) is 40.0 Å². The SMILES string of the molecule is CC1CC[NH+](Cc2c(O)ccc3c(=O)c(Oc4ccc(C(C)(C)C)cc4)c(C(F)(F)F)oc23)CC1. The molecule has 2 heterocycles. The first-order valence-corrected chi connectivity index (χ1v) is 11.9. The first kappa shape index (κ1) is 25.1. The number of hydrogen-bond acceptors (Lipinski definition) is 4. The van der Waals surface area contributed by atoms with Gasteiger partial charge >= 0.3 is 6.18 Å². The van der Waals surface area contributed by atoms with E-state index in [0.717, 1.165) is 36.4 Å². The Kier molecular flexibility index (Phi) is 6.62. The summed E-state index contributed by atoms with van der Waals surface area (Å²) in [6.45, 7) is 10.1. The zero-order valence-electron chi connectivity index (χ0n) is 20.4. The number of nitrogens with one attached hydrogen (secondary N) is 1. The van der Waals surface area contributed by atoms with E-state index < -0.39 is 23.1 Å². The van der Waals surface area contributed by atoms with E-state index >= 15 is 0 Å². The maximum Gasteiger partial charge on any atom is 0.453 e. The van der Waals surface area contributed by atoms with Gasteiger partial charge in [-0.25, -0.2) is 0 Å². The minimum absolute atomic E-state index is 0.0584. The third kappa shape index (κ3) is 5.32. The number of rotatable bonds is 4. The van der Waals surface area contributed by atoms with Crippen LogP contribution in [0.2, 0.25) is 0 Å². The van der Waals surface area contributed by atoms with Gasteiger partial charge in [-0.05, 0) is 54.0 Å². The molecule has 0 atom stereocenters. The number of quaternary nitrogens is 1. The van der Waals surface area contributed by atoms with Crippen LogP contribution in [0, 0.1) is 5.92 Å². The van der Waals surface area contributed by atoms with E-state index in [1.807, 2.05) is 20.8 Å². The van der Waals surface area contributed by atoms with Crippen molar-refractivity contribution >= 4 is 11.0 Å². The number of phenolic OH excluding ortho intramolecular Hbond substituents is 1. The Morgan fingerprint density at radius 1 is 1.06 bits per heavy atom. The fourth-order valence-corrected chi connectivity index (χ4v) is 4.47. The topological polar surface area (TPSA) is 64.1 Å². The van der Waals surface area contributed by atoms with E-state index in [1.165, 1.54) is 24.3 Å². The highest BCUT2D eigenvalue weighted by Gasteiger charge is 2.41. The van der Waals surface area contributed by atoms with Gasteiger partial charge in [0.15, 0.2) is 5.58 Å². The Bertz CT molecular complexity index is 1270. The second-order valence-electron chi connectivity index (χ2n) is 10.5. The van der Waals surface area contributed by atoms with Crippen molar-refractivity contribution in [2.45, 2.75) is 58.7 Å². The molecule has 0 unspecified atom stereocenters. The van der Waals surface area contributed by atoms with Crippen LogP contribution >= 0.6 is 0 Å². The van der Waals surface area contributed by atoms with Gasteiger partial charge in [-0.15, -0.1) is 0 Å². The number of halogens is 3. The van der Waals surface area contributed by atoms with Gasteiger partial charge in [0.2, 0.25) is 11.2 Å². The second kappa shape index (κ2) is 9.22. The zero-order chi connectivity index (χ0) is 25.5. The minimum Gasteiger partial charge on any atom is -0.507 e. The summed E-state index contributed by atoms with van der Waals surface area (Å²) < 4.78 is 52.9. The summed E-state index contributed by atoms with van der Waals surface area (Å²) in [4.78, 5) is 14.4. The van der Waals surface area contributed by atoms with Crippen LogP contribution in [0.15, 0.2) is 45.6 Å². The van der Waals surface area contributed by atoms with Crippen LogP contribution in [0.4, 0.5) is 13.2 Å². The highest BCUT2D eigenvalue weighted by molar-refractivity contribution is 5.83. The van der Waals surface area contributed by atoms with Crippen LogP contribution in [0.5, 0.6) is 17.2 Å². The number of fused-ring (bicyclic) bond motifs is 1. The Balaban J connectivity index is 1.79. The summed E-state index contributed by atoms with van der Waals surface area (Å²) >= 11 is 0. The number of phenols is 1. The number of aromatic hydroxyl groups is 1. The highest BCUT2D eigenvalue weighted by atomic mass is 19.4. The molecule has 1 aliphatic heterocycles. The molecule has 5 nitrogen and oxygen atoms in total. The van der Waals surface area contributed by atoms with E-state index in [4.69, 9.17) is 9.15 Å². The Morgan fingerprint density at radius 3 is 2.26 bits per heavy atom. The molecule has 1 fully saturated rings. The summed E-state index contributed by atoms with van der Waals surface area (Å²) in [7, 11) is 0. The molecule has 35 heavy (non-hydrogen) atoms. The molecule has 1 aromatic heterocycles. The number of ether oxygens (including phenoxy) is 1. The molecule has 2 N–H and O–H groups in total. The van der Waals surface area contributed by atoms with Crippen LogP contribution in [-0.4, -0.2) is 18.2 Å². The van der Waals surface area contributed by atoms with E-state index in [1.54, 1.807) is 12.1 Å². The third-order valence-electron chi connectivity index (χ3n) is 6.70. The van der Waals surface area contributed by atoms with Gasteiger partial charge in [-0.2, -0.15) is 13.2 Å². The first-order valence-electron chi connectivity index (χ1n) is 11.9. The quantitative estimate of drug-likeness (QED) is 0.513. The van der Waals surface area contributed by atoms with Crippen molar-refractivity contribution < 1.29 is 32.3 Å². The Labute approximate surface area is 202 Å². The molecule has 4 rings (SSSR count). The molecule has 0 radical (unpaired) electrons. The predicted octanol–water partition coefficient (Wildman–Crippen LogP) is 5.42. The fraction of sp³-hybridized carbons (Fsp3) is 0.444. The molecule has 2 aromatic carbocycles. The average molecular weight is 491 g/mol. The van der Waals surface area contributed by atoms with Crippen LogP contribution < -0.4 is 15.1 Å². The lowest BCUT2D eigenvalue weighted by molar-refractivity contribution is -0.919. The number of benzene rings is 2. The molecule has 1 aliphatic rings. The van der Waals surface area contributed by atoms with Gasteiger partial charge in [0.05, 0.1) is 24.0 Å². The van der Waals surface area contributed by atoms with Crippen LogP contribution in [0.1, 0.15) is 57.4 Å². The van der Waals surface area contributed by atoms with Gasteiger partial charge in [0, 0.05) is 0 Å². The number of hydrogen-bond donors (Lipinski definition) is 2. The molecule has 8 heteroatoms. The van der Waals surface area contributed by atoms with Crippen molar-refractivity contribution in [1.29, 1.82) is 0 Å². The normalized spacial score (nSPS) is 19.2. The van der Waals surface area contributed by atoms with Gasteiger partial charge in [-0.3, -0.25) is 4.79 Å². The highest BCUT2D eigenvalue weighted by Crippen LogP contribution is 2.40. The summed E-state index contributed by atoms with van der Waals surface area (Å²) in [6.07, 6.45) is -2.99. The smallest absolute Gasteiger partial charge is 0.453 e. The maximum absolute atomic E-state index is 14.0. The fourth-order valence-electron chi connectivity index (χ4n) is 4.47. The van der Waals surface area contributed by atoms with Gasteiger partial charge in [-0.1, -0.05) is 39.8 Å². The monoisotopic (exact) mass is 490 g/mol. The summed E-state index contributed by atoms with van der Waals surface area (Å²) in [5.74, 6) is -1.92. The van der Waals surface area contributed by atoms with Gasteiger partial charge in [0.1, 0.15) is 18.0 Å². The first-order chi connectivity index (χ1) is 16.3. The molecule has 1 saturated heterocycles. The van der Waals surface area contributed by atoms with Crippen molar-refractivity contribution in [3.63, 3.8) is 0 Å². The van der Waals surface area contributed by atoms with Crippen molar-refractivity contribution in [3.05, 3.63) is 63.5 Å². The molecule has 188 valence electrons. The number of alkyl halides is 3. The lowest BCUT2D eigenvalue weighted by Crippen LogP contribution is -3.11. The molecule has 0 aliphatic carbocycles. The summed E-state index contributed by atoms with van der Waals surface area (Å²) in [5.41, 5.74) is -0.146.